The van der Waals surface area contributed by atoms with Gasteiger partial charge in [0.05, 0.1) is 19.4 Å². The molecule has 1 aliphatic rings. The Hall–Kier alpha value is -3.58. The molecule has 1 amide bonds. The maximum Gasteiger partial charge on any atom is 0.291 e. The number of nitrogens with zero attached hydrogens (tertiary/aromatic N) is 1. The van der Waals surface area contributed by atoms with Crippen LogP contribution in [-0.4, -0.2) is 18.0 Å². The molecule has 4 aromatic rings. The molecule has 168 valence electrons. The lowest BCUT2D eigenvalue weighted by molar-refractivity contribution is 0.0997. The fourth-order valence-corrected chi connectivity index (χ4v) is 5.69. The van der Waals surface area contributed by atoms with Crippen molar-refractivity contribution in [3.8, 4) is 5.75 Å². The molecule has 0 saturated carbocycles. The van der Waals surface area contributed by atoms with Crippen LogP contribution < -0.4 is 15.4 Å². The largest absolute Gasteiger partial charge is 0.496 e. The first kappa shape index (κ1) is 21.3. The average molecular weight is 460 g/mol. The van der Waals surface area contributed by atoms with Crippen LogP contribution in [0.3, 0.4) is 0 Å². The highest BCUT2D eigenvalue weighted by Crippen LogP contribution is 2.46. The van der Waals surface area contributed by atoms with Gasteiger partial charge in [0.25, 0.3) is 5.91 Å². The number of hydrogen-bond acceptors (Lipinski definition) is 6. The van der Waals surface area contributed by atoms with Crippen LogP contribution in [0.5, 0.6) is 5.75 Å². The number of pyridine rings is 1. The topological polar surface area (TPSA) is 76.4 Å². The molecule has 0 bridgehead atoms. The molecule has 0 spiro atoms. The lowest BCUT2D eigenvalue weighted by atomic mass is 9.89. The first-order chi connectivity index (χ1) is 16.2. The first-order valence-corrected chi connectivity index (χ1v) is 11.9. The summed E-state index contributed by atoms with van der Waals surface area (Å²) in [5.74, 6) is 1.58. The van der Waals surface area contributed by atoms with Gasteiger partial charge >= 0.3 is 0 Å². The Morgan fingerprint density at radius 3 is 2.73 bits per heavy atom. The van der Waals surface area contributed by atoms with Crippen LogP contribution >= 0.6 is 11.3 Å². The molecule has 1 unspecified atom stereocenters. The summed E-state index contributed by atoms with van der Waals surface area (Å²) in [6.07, 6.45) is 7.56. The second kappa shape index (κ2) is 9.50. The zero-order valence-electron chi connectivity index (χ0n) is 18.3. The van der Waals surface area contributed by atoms with Crippen molar-refractivity contribution >= 4 is 28.1 Å². The average Bonchev–Trinajstić information content (AvgIpc) is 3.52. The van der Waals surface area contributed by atoms with Gasteiger partial charge in [0.1, 0.15) is 16.6 Å². The molecule has 0 saturated heterocycles. The van der Waals surface area contributed by atoms with E-state index in [0.29, 0.717) is 5.76 Å². The highest BCUT2D eigenvalue weighted by molar-refractivity contribution is 7.16. The van der Waals surface area contributed by atoms with E-state index in [1.165, 1.54) is 16.7 Å². The van der Waals surface area contributed by atoms with Gasteiger partial charge in [-0.2, -0.15) is 0 Å². The van der Waals surface area contributed by atoms with E-state index in [-0.39, 0.29) is 11.9 Å². The van der Waals surface area contributed by atoms with E-state index in [2.05, 4.69) is 21.7 Å². The number of amides is 1. The second-order valence-corrected chi connectivity index (χ2v) is 9.02. The molecule has 3 aromatic heterocycles. The van der Waals surface area contributed by atoms with Gasteiger partial charge in [-0.05, 0) is 61.6 Å². The van der Waals surface area contributed by atoms with Crippen molar-refractivity contribution in [3.05, 3.63) is 94.4 Å². The normalized spacial score (nSPS) is 13.7. The summed E-state index contributed by atoms with van der Waals surface area (Å²) < 4.78 is 11.1. The maximum absolute atomic E-state index is 12.9. The van der Waals surface area contributed by atoms with Gasteiger partial charge in [-0.3, -0.25) is 4.79 Å². The monoisotopic (exact) mass is 459 g/mol. The van der Waals surface area contributed by atoms with Gasteiger partial charge in [-0.1, -0.05) is 24.3 Å². The van der Waals surface area contributed by atoms with E-state index in [9.17, 15) is 4.79 Å². The molecule has 0 aliphatic heterocycles. The smallest absolute Gasteiger partial charge is 0.291 e. The summed E-state index contributed by atoms with van der Waals surface area (Å²) >= 11 is 1.66. The fraction of sp³-hybridized carbons (Fsp3) is 0.231. The Balaban J connectivity index is 1.64. The van der Waals surface area contributed by atoms with Crippen molar-refractivity contribution < 1.29 is 13.9 Å². The second-order valence-electron chi connectivity index (χ2n) is 7.92. The number of nitrogens with one attached hydrogen (secondary N) is 2. The molecule has 7 heteroatoms. The lowest BCUT2D eigenvalue weighted by Gasteiger charge is -2.25. The van der Waals surface area contributed by atoms with Crippen molar-refractivity contribution in [1.29, 1.82) is 0 Å². The predicted molar refractivity (Wildman–Crippen MR) is 130 cm³/mol. The number of fused-ring (bicyclic) bond motifs is 1. The summed E-state index contributed by atoms with van der Waals surface area (Å²) in [7, 11) is 1.68. The number of furan rings is 1. The zero-order valence-corrected chi connectivity index (χ0v) is 19.2. The number of methoxy groups -OCH3 is 1. The highest BCUT2D eigenvalue weighted by Gasteiger charge is 2.30. The minimum atomic E-state index is -0.253. The Morgan fingerprint density at radius 1 is 1.09 bits per heavy atom. The van der Waals surface area contributed by atoms with Crippen LogP contribution in [0.1, 0.15) is 51.0 Å². The lowest BCUT2D eigenvalue weighted by Crippen LogP contribution is -2.19. The highest BCUT2D eigenvalue weighted by atomic mass is 32.1. The molecule has 0 fully saturated rings. The van der Waals surface area contributed by atoms with E-state index < -0.39 is 0 Å². The molecule has 1 aromatic carbocycles. The van der Waals surface area contributed by atoms with E-state index >= 15 is 0 Å². The minimum Gasteiger partial charge on any atom is -0.496 e. The van der Waals surface area contributed by atoms with E-state index in [1.807, 2.05) is 36.4 Å². The van der Waals surface area contributed by atoms with E-state index in [0.717, 1.165) is 53.4 Å². The Labute approximate surface area is 196 Å². The van der Waals surface area contributed by atoms with Crippen LogP contribution in [0.15, 0.2) is 71.5 Å². The molecule has 2 N–H and O–H groups in total. The van der Waals surface area contributed by atoms with Crippen LogP contribution in [0.4, 0.5) is 10.8 Å². The SMILES string of the molecule is COc1ccccc1C(Nc1ccccn1)c1c(NC(=O)c2ccco2)sc2c1CCCC2. The first-order valence-electron chi connectivity index (χ1n) is 11.0. The van der Waals surface area contributed by atoms with Crippen LogP contribution in [0.25, 0.3) is 0 Å². The Morgan fingerprint density at radius 2 is 1.94 bits per heavy atom. The summed E-state index contributed by atoms with van der Waals surface area (Å²) in [5, 5.41) is 7.58. The third-order valence-electron chi connectivity index (χ3n) is 5.88. The molecule has 0 radical (unpaired) electrons. The molecular weight excluding hydrogens is 434 g/mol. The summed E-state index contributed by atoms with van der Waals surface area (Å²) in [5.41, 5.74) is 3.37. The quantitative estimate of drug-likeness (QED) is 0.350. The Bertz CT molecular complexity index is 1240. The van der Waals surface area contributed by atoms with Gasteiger partial charge in [0.15, 0.2) is 5.76 Å². The number of rotatable bonds is 7. The van der Waals surface area contributed by atoms with Gasteiger partial charge < -0.3 is 19.8 Å². The maximum atomic E-state index is 12.9. The summed E-state index contributed by atoms with van der Waals surface area (Å²) in [6.45, 7) is 0. The number of ether oxygens (including phenoxy) is 1. The number of aromatic nitrogens is 1. The van der Waals surface area contributed by atoms with Crippen molar-refractivity contribution in [1.82, 2.24) is 4.98 Å². The number of anilines is 2. The van der Waals surface area contributed by atoms with Gasteiger partial charge in [-0.25, -0.2) is 4.98 Å². The molecule has 3 heterocycles. The van der Waals surface area contributed by atoms with Crippen molar-refractivity contribution in [3.63, 3.8) is 0 Å². The molecule has 33 heavy (non-hydrogen) atoms. The summed E-state index contributed by atoms with van der Waals surface area (Å²) in [6, 6.07) is 16.9. The van der Waals surface area contributed by atoms with Crippen LogP contribution in [0, 0.1) is 0 Å². The van der Waals surface area contributed by atoms with Gasteiger partial charge in [-0.15, -0.1) is 11.3 Å². The van der Waals surface area contributed by atoms with Gasteiger partial charge in [0, 0.05) is 22.2 Å². The number of carbonyl (C=O) groups is 1. The van der Waals surface area contributed by atoms with Crippen LogP contribution in [0.2, 0.25) is 0 Å². The third kappa shape index (κ3) is 4.36. The fourth-order valence-electron chi connectivity index (χ4n) is 4.37. The minimum absolute atomic E-state index is 0.249. The Kier molecular flexibility index (Phi) is 6.13. The number of para-hydroxylation sites is 1. The molecule has 6 nitrogen and oxygen atoms in total. The third-order valence-corrected chi connectivity index (χ3v) is 7.10. The van der Waals surface area contributed by atoms with E-state index in [1.54, 1.807) is 36.8 Å². The van der Waals surface area contributed by atoms with Crippen molar-refractivity contribution in [2.24, 2.45) is 0 Å². The molecule has 5 rings (SSSR count). The molecular formula is C26H25N3O3S. The van der Waals surface area contributed by atoms with E-state index in [4.69, 9.17) is 9.15 Å². The number of aryl methyl sites for hydroxylation is 1. The summed E-state index contributed by atoms with van der Waals surface area (Å²) in [4.78, 5) is 18.8. The molecule has 1 atom stereocenters. The van der Waals surface area contributed by atoms with Crippen LogP contribution in [-0.2, 0) is 12.8 Å². The van der Waals surface area contributed by atoms with Crippen molar-refractivity contribution in [2.45, 2.75) is 31.7 Å². The number of thiophene rings is 1. The number of carbonyl (C=O) groups excluding carboxylic acids is 1. The predicted octanol–water partition coefficient (Wildman–Crippen LogP) is 6.08. The molecule has 1 aliphatic carbocycles. The van der Waals surface area contributed by atoms with Crippen molar-refractivity contribution in [2.75, 3.05) is 17.7 Å². The number of hydrogen-bond donors (Lipinski definition) is 2. The van der Waals surface area contributed by atoms with Gasteiger partial charge in [0.2, 0.25) is 0 Å². The number of benzene rings is 1. The standard InChI is InChI=1S/C26H25N3O3S/c1-31-19-11-4-2-9-17(19)24(28-22-14-6-7-15-27-22)23-18-10-3-5-13-21(18)33-26(23)29-25(30)20-12-8-16-32-20/h2,4,6-9,11-12,14-16,24H,3,5,10,13H2,1H3,(H,27,28)(H,29,30). The zero-order chi connectivity index (χ0) is 22.6.